The Hall–Kier alpha value is -0.420. The summed E-state index contributed by atoms with van der Waals surface area (Å²) < 4.78 is 29.0. The number of nitrogens with one attached hydrogen (secondary N) is 1. The summed E-state index contributed by atoms with van der Waals surface area (Å²) in [4.78, 5) is 0. The van der Waals surface area contributed by atoms with E-state index < -0.39 is 10.3 Å². The van der Waals surface area contributed by atoms with Crippen molar-refractivity contribution in [2.75, 3.05) is 0 Å². The summed E-state index contributed by atoms with van der Waals surface area (Å²) in [5.41, 5.74) is 1.12. The summed E-state index contributed by atoms with van der Waals surface area (Å²) in [5, 5.41) is 0. The highest BCUT2D eigenvalue weighted by Crippen LogP contribution is 1.36. The Balaban J connectivity index is 3.78. The SMILES string of the molecule is O=S(=O)=CNF. The van der Waals surface area contributed by atoms with Crippen LogP contribution < -0.4 is 5.54 Å². The zero-order valence-electron chi connectivity index (χ0n) is 2.68. The van der Waals surface area contributed by atoms with Gasteiger partial charge in [0.05, 0.1) is 0 Å². The molecule has 0 aliphatic heterocycles. The van der Waals surface area contributed by atoms with Gasteiger partial charge in [-0.2, -0.15) is 8.42 Å². The molecule has 5 heteroatoms. The number of rotatable bonds is 1. The third kappa shape index (κ3) is 3.58. The smallest absolute Gasteiger partial charge is 0.183 e. The van der Waals surface area contributed by atoms with E-state index in [9.17, 15) is 12.9 Å². The Morgan fingerprint density at radius 3 is 2.17 bits per heavy atom. The summed E-state index contributed by atoms with van der Waals surface area (Å²) >= 11 is 0. The molecule has 0 fully saturated rings. The maximum Gasteiger partial charge on any atom is 0.227 e. The Morgan fingerprint density at radius 2 is 2.17 bits per heavy atom. The maximum atomic E-state index is 10.5. The van der Waals surface area contributed by atoms with Crippen LogP contribution in [0.2, 0.25) is 0 Å². The molecule has 0 aromatic heterocycles. The van der Waals surface area contributed by atoms with E-state index in [1.165, 1.54) is 0 Å². The molecule has 1 N–H and O–H groups in total. The quantitative estimate of drug-likeness (QED) is 0.352. The molecule has 0 spiro atoms. The average Bonchev–Trinajstić information content (AvgIpc) is 1.35. The minimum atomic E-state index is -2.43. The summed E-state index contributed by atoms with van der Waals surface area (Å²) in [5.74, 6) is 0. The van der Waals surface area contributed by atoms with Crippen molar-refractivity contribution in [3.05, 3.63) is 0 Å². The number of hydrogen-bond donors (Lipinski definition) is 1. The molecule has 0 amide bonds. The lowest BCUT2D eigenvalue weighted by atomic mass is 11.6. The summed E-state index contributed by atoms with van der Waals surface area (Å²) in [6, 6.07) is 0. The number of halogens is 1. The fourth-order valence-corrected chi connectivity index (χ4v) is 0.109. The summed E-state index contributed by atoms with van der Waals surface area (Å²) in [7, 11) is -2.43. The van der Waals surface area contributed by atoms with Gasteiger partial charge in [-0.25, -0.2) is 0 Å². The van der Waals surface area contributed by atoms with Gasteiger partial charge in [0.25, 0.3) is 0 Å². The highest BCUT2D eigenvalue weighted by molar-refractivity contribution is 7.71. The first-order chi connectivity index (χ1) is 2.77. The van der Waals surface area contributed by atoms with Crippen LogP contribution in [0.25, 0.3) is 0 Å². The molecular formula is CH2FNO2S. The minimum absolute atomic E-state index is 0.292. The first kappa shape index (κ1) is 5.58. The van der Waals surface area contributed by atoms with Crippen LogP contribution in [0.3, 0.4) is 0 Å². The predicted molar refractivity (Wildman–Crippen MR) is 19.2 cm³/mol. The lowest BCUT2D eigenvalue weighted by molar-refractivity contribution is 0.444. The predicted octanol–water partition coefficient (Wildman–Crippen LogP) is -0.901. The van der Waals surface area contributed by atoms with Crippen molar-refractivity contribution in [3.63, 3.8) is 0 Å². The molecule has 0 heterocycles. The molecule has 0 aliphatic rings. The zero-order valence-corrected chi connectivity index (χ0v) is 3.50. The first-order valence-corrected chi connectivity index (χ1v) is 2.18. The first-order valence-electron chi connectivity index (χ1n) is 1.05. The van der Waals surface area contributed by atoms with Crippen LogP contribution in [-0.2, 0) is 10.3 Å². The molecule has 36 valence electrons. The Morgan fingerprint density at radius 1 is 1.67 bits per heavy atom. The van der Waals surface area contributed by atoms with Crippen LogP contribution in [0.4, 0.5) is 4.48 Å². The van der Waals surface area contributed by atoms with Gasteiger partial charge in [-0.05, 0) is 0 Å². The second-order valence-electron chi connectivity index (χ2n) is 0.487. The molecular weight excluding hydrogens is 109 g/mol. The van der Waals surface area contributed by atoms with Gasteiger partial charge in [-0.15, -0.1) is 10.0 Å². The third-order valence-electron chi connectivity index (χ3n) is 0.141. The van der Waals surface area contributed by atoms with E-state index in [1.54, 1.807) is 0 Å². The topological polar surface area (TPSA) is 46.2 Å². The number of hydrogen-bond acceptors (Lipinski definition) is 2. The maximum absolute atomic E-state index is 10.5. The van der Waals surface area contributed by atoms with E-state index in [4.69, 9.17) is 0 Å². The molecule has 0 aromatic rings. The van der Waals surface area contributed by atoms with Gasteiger partial charge < -0.3 is 0 Å². The van der Waals surface area contributed by atoms with Crippen LogP contribution >= 0.6 is 0 Å². The second kappa shape index (κ2) is 2.80. The summed E-state index contributed by atoms with van der Waals surface area (Å²) in [6.07, 6.45) is 0. The molecule has 0 radical (unpaired) electrons. The summed E-state index contributed by atoms with van der Waals surface area (Å²) in [6.45, 7) is 0. The van der Waals surface area contributed by atoms with E-state index in [0.29, 0.717) is 5.49 Å². The van der Waals surface area contributed by atoms with Gasteiger partial charge in [0.15, 0.2) is 0 Å². The van der Waals surface area contributed by atoms with E-state index in [-0.39, 0.29) is 0 Å². The van der Waals surface area contributed by atoms with E-state index in [1.807, 2.05) is 0 Å². The van der Waals surface area contributed by atoms with Gasteiger partial charge in [0, 0.05) is 0 Å². The highest BCUT2D eigenvalue weighted by atomic mass is 32.2. The molecule has 3 nitrogen and oxygen atoms in total. The molecule has 0 aromatic carbocycles. The van der Waals surface area contributed by atoms with Crippen molar-refractivity contribution in [2.24, 2.45) is 0 Å². The van der Waals surface area contributed by atoms with Gasteiger partial charge in [0.2, 0.25) is 10.3 Å². The Labute approximate surface area is 35.3 Å². The van der Waals surface area contributed by atoms with Crippen molar-refractivity contribution in [1.29, 1.82) is 0 Å². The molecule has 0 unspecified atom stereocenters. The zero-order chi connectivity index (χ0) is 4.99. The molecule has 0 aliphatic carbocycles. The molecule has 6 heavy (non-hydrogen) atoms. The third-order valence-corrected chi connectivity index (χ3v) is 0.422. The Bertz CT molecular complexity index is 128. The molecule has 0 saturated carbocycles. The molecule has 0 bridgehead atoms. The lowest BCUT2D eigenvalue weighted by Crippen LogP contribution is -1.93. The fraction of sp³-hybridized carbons (Fsp3) is 0. The van der Waals surface area contributed by atoms with Crippen LogP contribution in [0, 0.1) is 0 Å². The lowest BCUT2D eigenvalue weighted by Gasteiger charge is -1.59. The largest absolute Gasteiger partial charge is 0.227 e. The van der Waals surface area contributed by atoms with E-state index in [0.717, 1.165) is 5.54 Å². The van der Waals surface area contributed by atoms with Crippen molar-refractivity contribution in [3.8, 4) is 0 Å². The standard InChI is InChI=1S/CH2FNO2S/c2-3-1-6(4)5/h1,3H. The van der Waals surface area contributed by atoms with Crippen LogP contribution in [0.1, 0.15) is 0 Å². The van der Waals surface area contributed by atoms with E-state index >= 15 is 0 Å². The van der Waals surface area contributed by atoms with Gasteiger partial charge in [-0.1, -0.05) is 0 Å². The van der Waals surface area contributed by atoms with Gasteiger partial charge in [-0.3, -0.25) is 0 Å². The van der Waals surface area contributed by atoms with Gasteiger partial charge in [0.1, 0.15) is 5.49 Å². The van der Waals surface area contributed by atoms with Crippen molar-refractivity contribution in [1.82, 2.24) is 5.54 Å². The van der Waals surface area contributed by atoms with Crippen molar-refractivity contribution >= 4 is 15.8 Å². The van der Waals surface area contributed by atoms with Crippen LogP contribution in [-0.4, -0.2) is 13.9 Å². The second-order valence-corrected chi connectivity index (χ2v) is 1.24. The molecule has 0 atom stereocenters. The monoisotopic (exact) mass is 111 g/mol. The molecule has 0 rings (SSSR count). The van der Waals surface area contributed by atoms with E-state index in [2.05, 4.69) is 0 Å². The van der Waals surface area contributed by atoms with Crippen LogP contribution in [0.15, 0.2) is 0 Å². The van der Waals surface area contributed by atoms with Crippen molar-refractivity contribution in [2.45, 2.75) is 0 Å². The minimum Gasteiger partial charge on any atom is -0.183 e. The normalized spacial score (nSPS) is 7.50. The van der Waals surface area contributed by atoms with Crippen molar-refractivity contribution < 1.29 is 12.9 Å². The average molecular weight is 111 g/mol. The fourth-order valence-electron chi connectivity index (χ4n) is 0.0364. The Kier molecular flexibility index (Phi) is 2.60. The molecule has 0 saturated heterocycles. The van der Waals surface area contributed by atoms with Crippen LogP contribution in [0.5, 0.6) is 0 Å². The highest BCUT2D eigenvalue weighted by Gasteiger charge is 1.61. The van der Waals surface area contributed by atoms with Gasteiger partial charge >= 0.3 is 0 Å².